The monoisotopic (exact) mass is 378 g/mol. The maximum absolute atomic E-state index is 5.94. The Kier molecular flexibility index (Phi) is 4.23. The Bertz CT molecular complexity index is 823. The second-order valence-corrected chi connectivity index (χ2v) is 9.19. The summed E-state index contributed by atoms with van der Waals surface area (Å²) in [5, 5.41) is 0.537. The Morgan fingerprint density at radius 2 is 1.56 bits per heavy atom. The highest BCUT2D eigenvalue weighted by atomic mass is 32.1. The van der Waals surface area contributed by atoms with E-state index in [1.165, 1.54) is 44.1 Å². The van der Waals surface area contributed by atoms with Gasteiger partial charge in [0.15, 0.2) is 5.05 Å². The third-order valence-electron chi connectivity index (χ3n) is 7.00. The van der Waals surface area contributed by atoms with Crippen molar-refractivity contribution in [2.45, 2.75) is 43.9 Å². The molecule has 2 nitrogen and oxygen atoms in total. The van der Waals surface area contributed by atoms with Crippen molar-refractivity contribution in [1.82, 2.24) is 0 Å². The first-order chi connectivity index (χ1) is 13.1. The lowest BCUT2D eigenvalue weighted by molar-refractivity contribution is -0.00616. The van der Waals surface area contributed by atoms with Gasteiger partial charge in [-0.2, -0.15) is 0 Å². The van der Waals surface area contributed by atoms with Crippen LogP contribution >= 0.6 is 12.2 Å². The molecule has 0 radical (unpaired) electrons. The Morgan fingerprint density at radius 1 is 0.926 bits per heavy atom. The van der Waals surface area contributed by atoms with Gasteiger partial charge in [-0.1, -0.05) is 18.2 Å². The molecule has 4 aliphatic carbocycles. The number of thiocarbonyl (C=S) groups is 1. The van der Waals surface area contributed by atoms with Crippen molar-refractivity contribution in [3.63, 3.8) is 0 Å². The van der Waals surface area contributed by atoms with E-state index < -0.39 is 0 Å². The summed E-state index contributed by atoms with van der Waals surface area (Å²) in [6, 6.07) is 16.2. The van der Waals surface area contributed by atoms with Crippen molar-refractivity contribution in [3.05, 3.63) is 59.7 Å². The van der Waals surface area contributed by atoms with Gasteiger partial charge >= 0.3 is 0 Å². The van der Waals surface area contributed by atoms with E-state index >= 15 is 0 Å². The summed E-state index contributed by atoms with van der Waals surface area (Å²) in [4.78, 5) is 0. The van der Waals surface area contributed by atoms with Crippen LogP contribution in [0.4, 0.5) is 0 Å². The van der Waals surface area contributed by atoms with Crippen LogP contribution in [0.1, 0.15) is 49.7 Å². The maximum atomic E-state index is 5.94. The van der Waals surface area contributed by atoms with Crippen LogP contribution in [0.2, 0.25) is 0 Å². The second kappa shape index (κ2) is 6.63. The minimum atomic E-state index is 0.276. The third-order valence-corrected chi connectivity index (χ3v) is 7.32. The van der Waals surface area contributed by atoms with Gasteiger partial charge in [-0.25, -0.2) is 0 Å². The lowest BCUT2D eigenvalue weighted by atomic mass is 9.48. The molecule has 0 unspecified atom stereocenters. The molecule has 0 N–H and O–H groups in total. The van der Waals surface area contributed by atoms with E-state index in [4.69, 9.17) is 21.7 Å². The smallest absolute Gasteiger partial charge is 0.198 e. The van der Waals surface area contributed by atoms with Crippen molar-refractivity contribution in [3.8, 4) is 11.5 Å². The van der Waals surface area contributed by atoms with Crippen LogP contribution in [-0.2, 0) is 5.41 Å². The first-order valence-electron chi connectivity index (χ1n) is 10.1. The molecule has 0 aliphatic heterocycles. The van der Waals surface area contributed by atoms with Crippen molar-refractivity contribution < 1.29 is 9.47 Å². The van der Waals surface area contributed by atoms with Gasteiger partial charge in [-0.15, -0.1) is 0 Å². The molecular formula is C24H26O2S. The predicted molar refractivity (Wildman–Crippen MR) is 112 cm³/mol. The highest BCUT2D eigenvalue weighted by Gasteiger charge is 2.52. The molecule has 27 heavy (non-hydrogen) atoms. The Hall–Kier alpha value is -1.87. The fourth-order valence-corrected chi connectivity index (χ4v) is 6.57. The summed E-state index contributed by atoms with van der Waals surface area (Å²) in [6.45, 7) is 0. The quantitative estimate of drug-likeness (QED) is 0.616. The second-order valence-electron chi connectivity index (χ2n) is 8.82. The number of rotatable bonds is 4. The van der Waals surface area contributed by atoms with Crippen LogP contribution in [0.5, 0.6) is 11.5 Å². The zero-order valence-electron chi connectivity index (χ0n) is 15.8. The Morgan fingerprint density at radius 3 is 2.15 bits per heavy atom. The normalized spacial score (nSPS) is 30.9. The average Bonchev–Trinajstić information content (AvgIpc) is 2.67. The molecule has 0 amide bonds. The third kappa shape index (κ3) is 3.06. The number of para-hydroxylation sites is 1. The molecule has 6 rings (SSSR count). The van der Waals surface area contributed by atoms with Crippen molar-refractivity contribution in [2.24, 2.45) is 17.8 Å². The maximum Gasteiger partial charge on any atom is 0.198 e. The fraction of sp³-hybridized carbons (Fsp3) is 0.458. The van der Waals surface area contributed by atoms with E-state index in [1.807, 2.05) is 36.4 Å². The minimum absolute atomic E-state index is 0.276. The fourth-order valence-electron chi connectivity index (χ4n) is 6.34. The molecule has 0 saturated heterocycles. The molecule has 0 atom stereocenters. The van der Waals surface area contributed by atoms with Gasteiger partial charge in [0, 0.05) is 11.1 Å². The summed E-state index contributed by atoms with van der Waals surface area (Å²) in [5.74, 6) is 4.50. The number of hydrogen-bond donors (Lipinski definition) is 0. The van der Waals surface area contributed by atoms with E-state index in [2.05, 4.69) is 12.1 Å². The van der Waals surface area contributed by atoms with E-state index in [0.29, 0.717) is 5.05 Å². The molecule has 4 aliphatic rings. The number of hydrogen-bond acceptors (Lipinski definition) is 3. The number of methoxy groups -OCH3 is 1. The molecular weight excluding hydrogens is 352 g/mol. The van der Waals surface area contributed by atoms with Gasteiger partial charge in [0.2, 0.25) is 0 Å². The standard InChI is InChI=1S/C24H26O2S/c1-25-22-8-7-19(23(27)26-20-5-3-2-4-6-20)12-21(22)24-13-16-9-17(14-24)11-18(10-16)15-24/h2-8,12,16-18H,9-11,13-15H2,1H3. The zero-order chi connectivity index (χ0) is 18.4. The van der Waals surface area contributed by atoms with E-state index in [1.54, 1.807) is 7.11 Å². The topological polar surface area (TPSA) is 18.5 Å². The molecule has 0 heterocycles. The van der Waals surface area contributed by atoms with Crippen LogP contribution < -0.4 is 9.47 Å². The SMILES string of the molecule is COc1ccc(C(=S)Oc2ccccc2)cc1C12CC3CC(CC(C3)C1)C2. The highest BCUT2D eigenvalue weighted by Crippen LogP contribution is 2.61. The van der Waals surface area contributed by atoms with Crippen LogP contribution in [0, 0.1) is 17.8 Å². The van der Waals surface area contributed by atoms with Gasteiger partial charge < -0.3 is 9.47 Å². The molecule has 4 fully saturated rings. The van der Waals surface area contributed by atoms with Crippen molar-refractivity contribution in [1.29, 1.82) is 0 Å². The summed E-state index contributed by atoms with van der Waals surface area (Å²) < 4.78 is 11.7. The highest BCUT2D eigenvalue weighted by molar-refractivity contribution is 7.80. The van der Waals surface area contributed by atoms with E-state index in [0.717, 1.165) is 34.8 Å². The molecule has 0 spiro atoms. The van der Waals surface area contributed by atoms with Crippen LogP contribution in [-0.4, -0.2) is 12.2 Å². The average molecular weight is 379 g/mol. The first kappa shape index (κ1) is 17.2. The van der Waals surface area contributed by atoms with Gasteiger partial charge in [0.1, 0.15) is 11.5 Å². The lowest BCUT2D eigenvalue weighted by Gasteiger charge is -2.57. The predicted octanol–water partition coefficient (Wildman–Crippen LogP) is 5.92. The van der Waals surface area contributed by atoms with Crippen LogP contribution in [0.3, 0.4) is 0 Å². The summed E-state index contributed by atoms with van der Waals surface area (Å²) >= 11 is 5.62. The van der Waals surface area contributed by atoms with Gasteiger partial charge in [-0.05, 0) is 104 Å². The summed E-state index contributed by atoms with van der Waals surface area (Å²) in [6.07, 6.45) is 8.26. The van der Waals surface area contributed by atoms with E-state index in [-0.39, 0.29) is 5.41 Å². The van der Waals surface area contributed by atoms with Crippen LogP contribution in [0.25, 0.3) is 0 Å². The molecule has 0 aromatic heterocycles. The lowest BCUT2D eigenvalue weighted by Crippen LogP contribution is -2.48. The van der Waals surface area contributed by atoms with Gasteiger partial charge in [0.05, 0.1) is 7.11 Å². The molecule has 2 aromatic carbocycles. The molecule has 3 heteroatoms. The van der Waals surface area contributed by atoms with Crippen molar-refractivity contribution >= 4 is 17.3 Å². The van der Waals surface area contributed by atoms with Gasteiger partial charge in [-0.3, -0.25) is 0 Å². The molecule has 4 saturated carbocycles. The molecule has 140 valence electrons. The number of ether oxygens (including phenoxy) is 2. The van der Waals surface area contributed by atoms with Gasteiger partial charge in [0.25, 0.3) is 0 Å². The minimum Gasteiger partial charge on any atom is -0.496 e. The largest absolute Gasteiger partial charge is 0.496 e. The first-order valence-corrected chi connectivity index (χ1v) is 10.5. The number of benzene rings is 2. The van der Waals surface area contributed by atoms with Crippen molar-refractivity contribution in [2.75, 3.05) is 7.11 Å². The molecule has 2 aromatic rings. The van der Waals surface area contributed by atoms with Crippen LogP contribution in [0.15, 0.2) is 48.5 Å². The summed E-state index contributed by atoms with van der Waals surface area (Å²) in [5.41, 5.74) is 2.62. The summed E-state index contributed by atoms with van der Waals surface area (Å²) in [7, 11) is 1.79. The Labute approximate surface area is 166 Å². The Balaban J connectivity index is 1.49. The molecule has 4 bridgehead atoms. The zero-order valence-corrected chi connectivity index (χ0v) is 16.6. The van der Waals surface area contributed by atoms with E-state index in [9.17, 15) is 0 Å².